The van der Waals surface area contributed by atoms with Crippen molar-refractivity contribution in [2.75, 3.05) is 6.54 Å². The zero-order chi connectivity index (χ0) is 12.7. The van der Waals surface area contributed by atoms with Crippen LogP contribution in [0.3, 0.4) is 0 Å². The van der Waals surface area contributed by atoms with Crippen molar-refractivity contribution in [2.24, 2.45) is 11.7 Å². The number of amides is 3. The Labute approximate surface area is 95.6 Å². The number of primary amides is 1. The second-order valence-corrected chi connectivity index (χ2v) is 3.97. The Morgan fingerprint density at radius 2 is 1.94 bits per heavy atom. The minimum Gasteiger partial charge on any atom is -0.392 e. The lowest BCUT2D eigenvalue weighted by molar-refractivity contribution is -0.124. The molecule has 5 N–H and O–H groups in total. The smallest absolute Gasteiger partial charge is 0.312 e. The molecule has 0 aromatic heterocycles. The molecule has 0 aliphatic rings. The summed E-state index contributed by atoms with van der Waals surface area (Å²) < 4.78 is 0. The fraction of sp³-hybridized carbons (Fsp3) is 0.800. The van der Waals surface area contributed by atoms with Gasteiger partial charge in [-0.2, -0.15) is 0 Å². The first-order valence-electron chi connectivity index (χ1n) is 5.40. The number of aliphatic hydroxyl groups is 1. The molecule has 0 aliphatic carbocycles. The molecule has 0 fully saturated rings. The van der Waals surface area contributed by atoms with Crippen LogP contribution < -0.4 is 16.4 Å². The lowest BCUT2D eigenvalue weighted by Gasteiger charge is -2.22. The topological polar surface area (TPSA) is 104 Å². The molecule has 0 radical (unpaired) electrons. The third-order valence-electron chi connectivity index (χ3n) is 2.36. The minimum absolute atomic E-state index is 0.0125. The monoisotopic (exact) mass is 231 g/mol. The summed E-state index contributed by atoms with van der Waals surface area (Å²) >= 11 is 0. The summed E-state index contributed by atoms with van der Waals surface area (Å²) in [5.74, 6) is -0.337. The van der Waals surface area contributed by atoms with Crippen LogP contribution in [-0.2, 0) is 4.79 Å². The molecule has 0 aromatic carbocycles. The quantitative estimate of drug-likeness (QED) is 0.498. The van der Waals surface area contributed by atoms with Gasteiger partial charge < -0.3 is 21.5 Å². The number of carbonyl (C=O) groups is 2. The standard InChI is InChI=1S/C10H21N3O3/c1-4-6(2)8(13-10(11)16)9(15)12-5-7(3)14/h6-8,14H,4-5H2,1-3H3,(H,12,15)(H3,11,13,16). The molecule has 0 saturated heterocycles. The highest BCUT2D eigenvalue weighted by molar-refractivity contribution is 5.86. The highest BCUT2D eigenvalue weighted by Crippen LogP contribution is 2.07. The van der Waals surface area contributed by atoms with Crippen LogP contribution in [0.25, 0.3) is 0 Å². The molecule has 94 valence electrons. The summed E-state index contributed by atoms with van der Waals surface area (Å²) in [7, 11) is 0. The van der Waals surface area contributed by atoms with E-state index in [-0.39, 0.29) is 18.4 Å². The van der Waals surface area contributed by atoms with Crippen molar-refractivity contribution in [3.8, 4) is 0 Å². The van der Waals surface area contributed by atoms with E-state index in [1.165, 1.54) is 0 Å². The molecule has 3 amide bonds. The number of aliphatic hydroxyl groups excluding tert-OH is 1. The van der Waals surface area contributed by atoms with Crippen LogP contribution in [0.4, 0.5) is 4.79 Å². The maximum absolute atomic E-state index is 11.7. The second kappa shape index (κ2) is 7.05. The predicted octanol–water partition coefficient (Wildman–Crippen LogP) is -0.434. The first-order valence-corrected chi connectivity index (χ1v) is 5.40. The van der Waals surface area contributed by atoms with Crippen LogP contribution >= 0.6 is 0 Å². The van der Waals surface area contributed by atoms with Gasteiger partial charge in [0.15, 0.2) is 0 Å². The zero-order valence-electron chi connectivity index (χ0n) is 9.99. The molecule has 0 bridgehead atoms. The van der Waals surface area contributed by atoms with Gasteiger partial charge in [0, 0.05) is 6.54 Å². The maximum atomic E-state index is 11.7. The number of nitrogens with one attached hydrogen (secondary N) is 2. The van der Waals surface area contributed by atoms with E-state index in [0.29, 0.717) is 0 Å². The third-order valence-corrected chi connectivity index (χ3v) is 2.36. The highest BCUT2D eigenvalue weighted by atomic mass is 16.3. The molecule has 0 aliphatic heterocycles. The third kappa shape index (κ3) is 5.55. The number of rotatable bonds is 6. The lowest BCUT2D eigenvalue weighted by atomic mass is 9.98. The Morgan fingerprint density at radius 1 is 1.38 bits per heavy atom. The van der Waals surface area contributed by atoms with E-state index >= 15 is 0 Å². The van der Waals surface area contributed by atoms with E-state index in [1.54, 1.807) is 6.92 Å². The van der Waals surface area contributed by atoms with Gasteiger partial charge in [-0.15, -0.1) is 0 Å². The molecule has 0 aromatic rings. The van der Waals surface area contributed by atoms with Gasteiger partial charge in [-0.1, -0.05) is 20.3 Å². The molecule has 6 heteroatoms. The van der Waals surface area contributed by atoms with Gasteiger partial charge in [-0.25, -0.2) is 4.79 Å². The van der Waals surface area contributed by atoms with Crippen LogP contribution in [0.2, 0.25) is 0 Å². The first-order chi connectivity index (χ1) is 7.38. The van der Waals surface area contributed by atoms with Crippen LogP contribution in [0.15, 0.2) is 0 Å². The first kappa shape index (κ1) is 14.7. The van der Waals surface area contributed by atoms with E-state index in [4.69, 9.17) is 10.8 Å². The second-order valence-electron chi connectivity index (χ2n) is 3.97. The lowest BCUT2D eigenvalue weighted by Crippen LogP contribution is -2.52. The predicted molar refractivity (Wildman–Crippen MR) is 60.7 cm³/mol. The fourth-order valence-electron chi connectivity index (χ4n) is 1.21. The Kier molecular flexibility index (Phi) is 6.48. The molecular formula is C10H21N3O3. The Morgan fingerprint density at radius 3 is 2.31 bits per heavy atom. The molecular weight excluding hydrogens is 210 g/mol. The van der Waals surface area contributed by atoms with Crippen molar-refractivity contribution in [1.82, 2.24) is 10.6 Å². The van der Waals surface area contributed by atoms with E-state index in [9.17, 15) is 9.59 Å². The van der Waals surface area contributed by atoms with Crippen molar-refractivity contribution >= 4 is 11.9 Å². The maximum Gasteiger partial charge on any atom is 0.312 e. The Hall–Kier alpha value is -1.30. The summed E-state index contributed by atoms with van der Waals surface area (Å²) in [6.45, 7) is 5.50. The number of hydrogen-bond acceptors (Lipinski definition) is 3. The number of carbonyl (C=O) groups excluding carboxylic acids is 2. The van der Waals surface area contributed by atoms with E-state index in [0.717, 1.165) is 6.42 Å². The van der Waals surface area contributed by atoms with Crippen molar-refractivity contribution in [1.29, 1.82) is 0 Å². The van der Waals surface area contributed by atoms with Gasteiger partial charge >= 0.3 is 6.03 Å². The average molecular weight is 231 g/mol. The Bertz CT molecular complexity index is 243. The van der Waals surface area contributed by atoms with Crippen LogP contribution in [0, 0.1) is 5.92 Å². The molecule has 0 spiro atoms. The normalized spacial score (nSPS) is 16.0. The average Bonchev–Trinajstić information content (AvgIpc) is 2.21. The van der Waals surface area contributed by atoms with E-state index < -0.39 is 18.2 Å². The molecule has 0 rings (SSSR count). The van der Waals surface area contributed by atoms with Gasteiger partial charge in [0.1, 0.15) is 6.04 Å². The minimum atomic E-state index is -0.725. The molecule has 3 atom stereocenters. The van der Waals surface area contributed by atoms with Gasteiger partial charge in [-0.05, 0) is 12.8 Å². The molecule has 0 heterocycles. The molecule has 16 heavy (non-hydrogen) atoms. The van der Waals surface area contributed by atoms with Crippen LogP contribution in [0.5, 0.6) is 0 Å². The summed E-state index contributed by atoms with van der Waals surface area (Å²) in [5.41, 5.74) is 5.00. The van der Waals surface area contributed by atoms with Crippen LogP contribution in [0.1, 0.15) is 27.2 Å². The number of nitrogens with two attached hydrogens (primary N) is 1. The largest absolute Gasteiger partial charge is 0.392 e. The Balaban J connectivity index is 4.37. The van der Waals surface area contributed by atoms with Gasteiger partial charge in [-0.3, -0.25) is 4.79 Å². The summed E-state index contributed by atoms with van der Waals surface area (Å²) in [6.07, 6.45) is 0.127. The molecule has 3 unspecified atom stereocenters. The van der Waals surface area contributed by atoms with Gasteiger partial charge in [0.05, 0.1) is 6.10 Å². The van der Waals surface area contributed by atoms with Gasteiger partial charge in [0.2, 0.25) is 5.91 Å². The van der Waals surface area contributed by atoms with Crippen molar-refractivity contribution in [3.05, 3.63) is 0 Å². The molecule has 0 saturated carbocycles. The number of hydrogen-bond donors (Lipinski definition) is 4. The van der Waals surface area contributed by atoms with Crippen LogP contribution in [-0.4, -0.2) is 35.7 Å². The summed E-state index contributed by atoms with van der Waals surface area (Å²) in [4.78, 5) is 22.4. The van der Waals surface area contributed by atoms with Crippen molar-refractivity contribution < 1.29 is 14.7 Å². The van der Waals surface area contributed by atoms with E-state index in [2.05, 4.69) is 10.6 Å². The highest BCUT2D eigenvalue weighted by Gasteiger charge is 2.24. The van der Waals surface area contributed by atoms with Gasteiger partial charge in [0.25, 0.3) is 0 Å². The van der Waals surface area contributed by atoms with E-state index in [1.807, 2.05) is 13.8 Å². The summed E-state index contributed by atoms with van der Waals surface area (Å²) in [6, 6.07) is -1.38. The fourth-order valence-corrected chi connectivity index (χ4v) is 1.21. The zero-order valence-corrected chi connectivity index (χ0v) is 9.99. The SMILES string of the molecule is CCC(C)C(NC(N)=O)C(=O)NCC(C)O. The summed E-state index contributed by atoms with van der Waals surface area (Å²) in [5, 5.41) is 14.0. The van der Waals surface area contributed by atoms with Crippen molar-refractivity contribution in [2.45, 2.75) is 39.3 Å². The number of urea groups is 1. The van der Waals surface area contributed by atoms with Crippen molar-refractivity contribution in [3.63, 3.8) is 0 Å². The molecule has 6 nitrogen and oxygen atoms in total.